The summed E-state index contributed by atoms with van der Waals surface area (Å²) in [6, 6.07) is 2.34. The van der Waals surface area contributed by atoms with Crippen LogP contribution in [0.5, 0.6) is 0 Å². The Balaban J connectivity index is 1.60. The van der Waals surface area contributed by atoms with Crippen molar-refractivity contribution >= 4 is 0 Å². The van der Waals surface area contributed by atoms with E-state index in [1.54, 1.807) is 0 Å². The second-order valence-corrected chi connectivity index (χ2v) is 9.67. The van der Waals surface area contributed by atoms with Crippen LogP contribution in [0, 0.1) is 0 Å². The fourth-order valence-corrected chi connectivity index (χ4v) is 4.99. The van der Waals surface area contributed by atoms with Crippen molar-refractivity contribution in [1.82, 2.24) is 30.2 Å². The van der Waals surface area contributed by atoms with E-state index in [0.717, 1.165) is 45.7 Å². The van der Waals surface area contributed by atoms with Crippen LogP contribution in [-0.2, 0) is 0 Å². The van der Waals surface area contributed by atoms with Gasteiger partial charge in [0.05, 0.1) is 0 Å². The molecule has 162 valence electrons. The smallest absolute Gasteiger partial charge is 0.0381 e. The third-order valence-corrected chi connectivity index (χ3v) is 6.65. The standard InChI is InChI=1S/C22H44N6/c1-25-11-12-26(2)16-21-9-6-10-22(24-21)18-28(4)14-13-27(3)17-20-8-5-7-19(15-25)23-20/h5,7,19-24H,6,8-18H2,1-4H3. The predicted molar refractivity (Wildman–Crippen MR) is 119 cm³/mol. The SMILES string of the molecule is CN1CCN(C)CC2CCCC(CN(C)CCN(C)CC3CC=CC(C1)N3)N2. The molecule has 4 atom stereocenters. The van der Waals surface area contributed by atoms with Crippen molar-refractivity contribution in [2.45, 2.75) is 49.9 Å². The summed E-state index contributed by atoms with van der Waals surface area (Å²) >= 11 is 0. The molecule has 0 aromatic rings. The normalized spacial score (nSPS) is 36.7. The molecule has 3 heterocycles. The second kappa shape index (κ2) is 11.0. The molecule has 3 aliphatic rings. The Morgan fingerprint density at radius 1 is 0.643 bits per heavy atom. The highest BCUT2D eigenvalue weighted by Gasteiger charge is 2.24. The van der Waals surface area contributed by atoms with Crippen LogP contribution < -0.4 is 10.6 Å². The first-order chi connectivity index (χ1) is 13.5. The van der Waals surface area contributed by atoms with Gasteiger partial charge in [0, 0.05) is 76.5 Å². The third kappa shape index (κ3) is 7.39. The summed E-state index contributed by atoms with van der Waals surface area (Å²) in [5, 5.41) is 7.81. The maximum atomic E-state index is 3.94. The molecule has 3 aliphatic heterocycles. The fraction of sp³-hybridized carbons (Fsp3) is 0.909. The number of rotatable bonds is 0. The van der Waals surface area contributed by atoms with Crippen molar-refractivity contribution in [3.63, 3.8) is 0 Å². The maximum Gasteiger partial charge on any atom is 0.0381 e. The van der Waals surface area contributed by atoms with Gasteiger partial charge in [-0.3, -0.25) is 0 Å². The first-order valence-corrected chi connectivity index (χ1v) is 11.4. The Hall–Kier alpha value is -0.500. The summed E-state index contributed by atoms with van der Waals surface area (Å²) < 4.78 is 0. The predicted octanol–water partition coefficient (Wildman–Crippen LogP) is 0.525. The molecule has 2 saturated heterocycles. The zero-order chi connectivity index (χ0) is 19.9. The monoisotopic (exact) mass is 392 g/mol. The molecule has 4 bridgehead atoms. The van der Waals surface area contributed by atoms with Crippen LogP contribution in [0.4, 0.5) is 0 Å². The lowest BCUT2D eigenvalue weighted by molar-refractivity contribution is 0.172. The van der Waals surface area contributed by atoms with Crippen molar-refractivity contribution in [2.24, 2.45) is 0 Å². The number of fused-ring (bicyclic) bond motifs is 4. The van der Waals surface area contributed by atoms with Crippen LogP contribution in [0.3, 0.4) is 0 Å². The Bertz CT molecular complexity index is 484. The molecule has 0 aromatic heterocycles. The van der Waals surface area contributed by atoms with Crippen molar-refractivity contribution in [1.29, 1.82) is 0 Å². The highest BCUT2D eigenvalue weighted by atomic mass is 15.2. The Kier molecular flexibility index (Phi) is 8.75. The largest absolute Gasteiger partial charge is 0.309 e. The second-order valence-electron chi connectivity index (χ2n) is 9.67. The topological polar surface area (TPSA) is 37.0 Å². The van der Waals surface area contributed by atoms with Crippen molar-refractivity contribution in [3.05, 3.63) is 12.2 Å². The van der Waals surface area contributed by atoms with Gasteiger partial charge in [-0.1, -0.05) is 18.6 Å². The van der Waals surface area contributed by atoms with Gasteiger partial charge in [0.2, 0.25) is 0 Å². The van der Waals surface area contributed by atoms with Crippen LogP contribution in [0.1, 0.15) is 25.7 Å². The molecule has 0 amide bonds. The highest BCUT2D eigenvalue weighted by Crippen LogP contribution is 2.15. The van der Waals surface area contributed by atoms with Gasteiger partial charge in [-0.25, -0.2) is 0 Å². The molecule has 28 heavy (non-hydrogen) atoms. The molecular formula is C22H44N6. The Morgan fingerprint density at radius 2 is 1.14 bits per heavy atom. The van der Waals surface area contributed by atoms with Gasteiger partial charge in [0.1, 0.15) is 0 Å². The first-order valence-electron chi connectivity index (χ1n) is 11.4. The molecule has 6 heteroatoms. The average molecular weight is 393 g/mol. The zero-order valence-electron chi connectivity index (χ0n) is 18.7. The number of likely N-dealkylation sites (N-methyl/N-ethyl adjacent to an activating group) is 4. The van der Waals surface area contributed by atoms with Gasteiger partial charge in [-0.2, -0.15) is 0 Å². The quantitative estimate of drug-likeness (QED) is 0.586. The molecule has 0 radical (unpaired) electrons. The van der Waals surface area contributed by atoms with E-state index < -0.39 is 0 Å². The van der Waals surface area contributed by atoms with Crippen LogP contribution in [0.15, 0.2) is 12.2 Å². The molecular weight excluding hydrogens is 348 g/mol. The van der Waals surface area contributed by atoms with Crippen molar-refractivity contribution in [2.75, 3.05) is 80.5 Å². The van der Waals surface area contributed by atoms with E-state index in [1.165, 1.54) is 32.4 Å². The lowest BCUT2D eigenvalue weighted by Gasteiger charge is -2.37. The Labute approximate surface area is 173 Å². The minimum Gasteiger partial charge on any atom is -0.309 e. The van der Waals surface area contributed by atoms with Crippen LogP contribution >= 0.6 is 0 Å². The molecule has 6 nitrogen and oxygen atoms in total. The van der Waals surface area contributed by atoms with Gasteiger partial charge >= 0.3 is 0 Å². The van der Waals surface area contributed by atoms with E-state index >= 15 is 0 Å². The lowest BCUT2D eigenvalue weighted by atomic mass is 9.98. The highest BCUT2D eigenvalue weighted by molar-refractivity contribution is 5.03. The molecule has 0 aromatic carbocycles. The van der Waals surface area contributed by atoms with Gasteiger partial charge in [-0.15, -0.1) is 0 Å². The third-order valence-electron chi connectivity index (χ3n) is 6.65. The van der Waals surface area contributed by atoms with Crippen LogP contribution in [0.2, 0.25) is 0 Å². The van der Waals surface area contributed by atoms with E-state index in [4.69, 9.17) is 0 Å². The minimum absolute atomic E-state index is 0.477. The van der Waals surface area contributed by atoms with Crippen LogP contribution in [0.25, 0.3) is 0 Å². The molecule has 0 aliphatic carbocycles. The minimum atomic E-state index is 0.477. The van der Waals surface area contributed by atoms with E-state index in [2.05, 4.69) is 70.6 Å². The number of hydrogen-bond donors (Lipinski definition) is 2. The Morgan fingerprint density at radius 3 is 1.71 bits per heavy atom. The van der Waals surface area contributed by atoms with Crippen molar-refractivity contribution in [3.8, 4) is 0 Å². The molecule has 2 fully saturated rings. The molecule has 3 rings (SSSR count). The molecule has 4 unspecified atom stereocenters. The van der Waals surface area contributed by atoms with Crippen LogP contribution in [-0.4, -0.2) is 124 Å². The molecule has 2 N–H and O–H groups in total. The van der Waals surface area contributed by atoms with Crippen molar-refractivity contribution < 1.29 is 0 Å². The molecule has 0 spiro atoms. The van der Waals surface area contributed by atoms with Gasteiger partial charge in [-0.05, 0) is 47.5 Å². The summed E-state index contributed by atoms with van der Waals surface area (Å²) in [4.78, 5) is 10.0. The first kappa shape index (κ1) is 22.2. The van der Waals surface area contributed by atoms with E-state index in [1.807, 2.05) is 0 Å². The number of piperidine rings is 1. The lowest BCUT2D eigenvalue weighted by Crippen LogP contribution is -2.53. The average Bonchev–Trinajstić information content (AvgIpc) is 2.65. The van der Waals surface area contributed by atoms with Gasteiger partial charge < -0.3 is 30.2 Å². The fourth-order valence-electron chi connectivity index (χ4n) is 4.99. The summed E-state index contributed by atoms with van der Waals surface area (Å²) in [5.74, 6) is 0. The summed E-state index contributed by atoms with van der Waals surface area (Å²) in [7, 11) is 9.12. The molecule has 0 saturated carbocycles. The number of nitrogens with zero attached hydrogens (tertiary/aromatic N) is 4. The van der Waals surface area contributed by atoms with Gasteiger partial charge in [0.25, 0.3) is 0 Å². The van der Waals surface area contributed by atoms with E-state index in [-0.39, 0.29) is 0 Å². The summed E-state index contributed by atoms with van der Waals surface area (Å²) in [5.41, 5.74) is 0. The summed E-state index contributed by atoms with van der Waals surface area (Å²) in [6.07, 6.45) is 9.91. The maximum absolute atomic E-state index is 3.94. The van der Waals surface area contributed by atoms with Gasteiger partial charge in [0.15, 0.2) is 0 Å². The van der Waals surface area contributed by atoms with E-state index in [9.17, 15) is 0 Å². The number of hydrogen-bond acceptors (Lipinski definition) is 6. The summed E-state index contributed by atoms with van der Waals surface area (Å²) in [6.45, 7) is 9.12. The zero-order valence-corrected chi connectivity index (χ0v) is 18.7. The van der Waals surface area contributed by atoms with E-state index in [0.29, 0.717) is 24.2 Å². The number of nitrogens with one attached hydrogen (secondary N) is 2.